The number of carbonyl (C=O) groups excluding carboxylic acids is 1. The second-order valence-electron chi connectivity index (χ2n) is 13.3. The van der Waals surface area contributed by atoms with Gasteiger partial charge < -0.3 is 26.2 Å². The molecule has 4 atom stereocenters. The third-order valence-corrected chi connectivity index (χ3v) is 9.49. The molecule has 4 unspecified atom stereocenters. The minimum atomic E-state index is -4.40. The molecule has 9 nitrogen and oxygen atoms in total. The van der Waals surface area contributed by atoms with Crippen LogP contribution in [-0.2, 0) is 18.4 Å². The first-order chi connectivity index (χ1) is 23.8. The van der Waals surface area contributed by atoms with Crippen molar-refractivity contribution in [2.45, 2.75) is 186 Å². The summed E-state index contributed by atoms with van der Waals surface area (Å²) in [5.41, 5.74) is 5.34. The van der Waals surface area contributed by atoms with Gasteiger partial charge in [0.15, 0.2) is 0 Å². The zero-order valence-electron chi connectivity index (χ0n) is 31.3. The van der Waals surface area contributed by atoms with Crippen molar-refractivity contribution in [3.63, 3.8) is 0 Å². The molecule has 0 aromatic rings. The lowest BCUT2D eigenvalue weighted by Crippen LogP contribution is -2.46. The summed E-state index contributed by atoms with van der Waals surface area (Å²) in [5, 5.41) is 23.9. The van der Waals surface area contributed by atoms with Crippen molar-refractivity contribution in [2.24, 2.45) is 5.73 Å². The summed E-state index contributed by atoms with van der Waals surface area (Å²) in [4.78, 5) is 22.6. The van der Waals surface area contributed by atoms with Crippen LogP contribution in [0, 0.1) is 0 Å². The number of phosphoric acid groups is 1. The fraction of sp³-hybridized carbons (Fsp3) is 0.821. The molecule has 0 rings (SSSR count). The molecule has 0 spiro atoms. The number of rotatable bonds is 36. The van der Waals surface area contributed by atoms with E-state index >= 15 is 0 Å². The summed E-state index contributed by atoms with van der Waals surface area (Å²) in [6.07, 6.45) is 36.6. The molecule has 0 saturated carbocycles. The van der Waals surface area contributed by atoms with Crippen LogP contribution < -0.4 is 11.1 Å². The van der Waals surface area contributed by atoms with Crippen LogP contribution in [0.5, 0.6) is 0 Å². The van der Waals surface area contributed by atoms with E-state index in [1.165, 1.54) is 89.9 Å². The highest BCUT2D eigenvalue weighted by molar-refractivity contribution is 7.47. The molecule has 10 heteroatoms. The Morgan fingerprint density at radius 2 is 1.16 bits per heavy atom. The molecule has 0 radical (unpaired) electrons. The van der Waals surface area contributed by atoms with E-state index in [4.69, 9.17) is 14.8 Å². The highest BCUT2D eigenvalue weighted by Crippen LogP contribution is 2.43. The van der Waals surface area contributed by atoms with Gasteiger partial charge >= 0.3 is 7.82 Å². The van der Waals surface area contributed by atoms with E-state index in [9.17, 15) is 24.5 Å². The molecule has 0 aromatic heterocycles. The van der Waals surface area contributed by atoms with Gasteiger partial charge in [0.2, 0.25) is 5.91 Å². The molecule has 0 fully saturated rings. The van der Waals surface area contributed by atoms with E-state index in [0.717, 1.165) is 44.9 Å². The van der Waals surface area contributed by atoms with Crippen LogP contribution in [0.25, 0.3) is 0 Å². The largest absolute Gasteiger partial charge is 0.472 e. The third-order valence-electron chi connectivity index (χ3n) is 8.50. The molecule has 1 amide bonds. The van der Waals surface area contributed by atoms with Crippen LogP contribution in [0.1, 0.15) is 168 Å². The molecule has 0 aliphatic heterocycles. The Kier molecular flexibility index (Phi) is 34.2. The summed E-state index contributed by atoms with van der Waals surface area (Å²) < 4.78 is 22.0. The number of carbonyl (C=O) groups is 1. The van der Waals surface area contributed by atoms with E-state index in [1.54, 1.807) is 6.08 Å². The zero-order valence-corrected chi connectivity index (χ0v) is 32.2. The smallest absolute Gasteiger partial charge is 0.393 e. The maximum atomic E-state index is 12.7. The summed E-state index contributed by atoms with van der Waals surface area (Å²) in [7, 11) is -4.40. The van der Waals surface area contributed by atoms with Crippen LogP contribution >= 0.6 is 7.82 Å². The average molecular weight is 715 g/mol. The zero-order chi connectivity index (χ0) is 36.3. The minimum Gasteiger partial charge on any atom is -0.393 e. The Morgan fingerprint density at radius 1 is 0.694 bits per heavy atom. The SMILES string of the molecule is CCCCCCC/C=C/CC/C=C/CC/C=C/C(O)C(COP(=O)(O)OCCN)NC(=O)CC(O)CCCCCCCCCCCCCC. The van der Waals surface area contributed by atoms with E-state index in [1.807, 2.05) is 6.08 Å². The maximum Gasteiger partial charge on any atom is 0.472 e. The highest BCUT2D eigenvalue weighted by Gasteiger charge is 2.27. The molecule has 49 heavy (non-hydrogen) atoms. The molecule has 0 saturated heterocycles. The number of nitrogens with two attached hydrogens (primary N) is 1. The number of phosphoric ester groups is 1. The molecule has 6 N–H and O–H groups in total. The number of hydrogen-bond donors (Lipinski definition) is 5. The fourth-order valence-electron chi connectivity index (χ4n) is 5.50. The lowest BCUT2D eigenvalue weighted by atomic mass is 10.0. The van der Waals surface area contributed by atoms with E-state index in [-0.39, 0.29) is 19.6 Å². The summed E-state index contributed by atoms with van der Waals surface area (Å²) in [5.74, 6) is -0.461. The second-order valence-corrected chi connectivity index (χ2v) is 14.8. The van der Waals surface area contributed by atoms with Crippen LogP contribution in [0.4, 0.5) is 0 Å². The number of allylic oxidation sites excluding steroid dienone is 5. The van der Waals surface area contributed by atoms with E-state index in [2.05, 4.69) is 43.5 Å². The standard InChI is InChI=1S/C39H75N2O7P/c1-3-5-7-9-11-13-15-17-18-19-21-23-25-27-29-31-38(43)37(35-48-49(45,46)47-33-32-40)41-39(44)34-36(42)30-28-26-24-22-20-16-14-12-10-8-6-4-2/h15,17,21,23,29,31,36-38,42-43H,3-14,16,18-20,22,24-28,30,32-35,40H2,1-2H3,(H,41,44)(H,45,46)/b17-15+,23-21+,31-29+. The topological polar surface area (TPSA) is 151 Å². The molecule has 0 aliphatic carbocycles. The number of aliphatic hydroxyl groups is 2. The molecular formula is C39H75N2O7P. The van der Waals surface area contributed by atoms with Gasteiger partial charge in [-0.3, -0.25) is 13.8 Å². The van der Waals surface area contributed by atoms with Gasteiger partial charge in [-0.25, -0.2) is 4.57 Å². The second kappa shape index (κ2) is 35.1. The summed E-state index contributed by atoms with van der Waals surface area (Å²) in [6.45, 7) is 3.90. The van der Waals surface area contributed by atoms with Gasteiger partial charge in [0, 0.05) is 6.54 Å². The highest BCUT2D eigenvalue weighted by atomic mass is 31.2. The Balaban J connectivity index is 4.50. The Labute approximate surface area is 300 Å². The minimum absolute atomic E-state index is 0.0425. The number of aliphatic hydroxyl groups excluding tert-OH is 2. The molecule has 0 heterocycles. The van der Waals surface area contributed by atoms with Gasteiger partial charge in [0.1, 0.15) is 0 Å². The summed E-state index contributed by atoms with van der Waals surface area (Å²) in [6, 6.07) is -1.00. The molecule has 288 valence electrons. The monoisotopic (exact) mass is 715 g/mol. The lowest BCUT2D eigenvalue weighted by molar-refractivity contribution is -0.124. The van der Waals surface area contributed by atoms with Gasteiger partial charge in [0.25, 0.3) is 0 Å². The predicted octanol–water partition coefficient (Wildman–Crippen LogP) is 9.36. The first-order valence-corrected chi connectivity index (χ1v) is 21.2. The molecule has 0 aliphatic rings. The fourth-order valence-corrected chi connectivity index (χ4v) is 6.26. The maximum absolute atomic E-state index is 12.7. The summed E-state index contributed by atoms with van der Waals surface area (Å²) >= 11 is 0. The van der Waals surface area contributed by atoms with Crippen LogP contribution in [0.15, 0.2) is 36.5 Å². The van der Waals surface area contributed by atoms with E-state index in [0.29, 0.717) is 12.8 Å². The van der Waals surface area contributed by atoms with Gasteiger partial charge in [-0.2, -0.15) is 0 Å². The number of amides is 1. The molecule has 0 aromatic carbocycles. The first kappa shape index (κ1) is 47.7. The van der Waals surface area contributed by atoms with Crippen molar-refractivity contribution in [3.05, 3.63) is 36.5 Å². The van der Waals surface area contributed by atoms with E-state index < -0.39 is 38.6 Å². The average Bonchev–Trinajstić information content (AvgIpc) is 3.07. The third kappa shape index (κ3) is 33.6. The van der Waals surface area contributed by atoms with Gasteiger partial charge in [-0.05, 0) is 44.9 Å². The molecular weight excluding hydrogens is 639 g/mol. The van der Waals surface area contributed by atoms with Crippen LogP contribution in [0.3, 0.4) is 0 Å². The molecule has 0 bridgehead atoms. The quantitative estimate of drug-likeness (QED) is 0.0245. The van der Waals surface area contributed by atoms with Crippen molar-refractivity contribution in [2.75, 3.05) is 19.8 Å². The van der Waals surface area contributed by atoms with Gasteiger partial charge in [-0.15, -0.1) is 0 Å². The van der Waals surface area contributed by atoms with Gasteiger partial charge in [0.05, 0.1) is 37.9 Å². The number of unbranched alkanes of at least 4 members (excludes halogenated alkanes) is 18. The van der Waals surface area contributed by atoms with Gasteiger partial charge in [-0.1, -0.05) is 153 Å². The lowest BCUT2D eigenvalue weighted by Gasteiger charge is -2.24. The van der Waals surface area contributed by atoms with Crippen molar-refractivity contribution in [3.8, 4) is 0 Å². The normalized spacial score (nSPS) is 15.3. The van der Waals surface area contributed by atoms with Crippen molar-refractivity contribution >= 4 is 13.7 Å². The van der Waals surface area contributed by atoms with Crippen molar-refractivity contribution in [1.29, 1.82) is 0 Å². The van der Waals surface area contributed by atoms with Crippen LogP contribution in [-0.4, -0.2) is 59.0 Å². The van der Waals surface area contributed by atoms with Crippen LogP contribution in [0.2, 0.25) is 0 Å². The Bertz CT molecular complexity index is 883. The predicted molar refractivity (Wildman–Crippen MR) is 204 cm³/mol. The van der Waals surface area contributed by atoms with Crippen molar-refractivity contribution in [1.82, 2.24) is 5.32 Å². The number of hydrogen-bond acceptors (Lipinski definition) is 7. The van der Waals surface area contributed by atoms with Crippen molar-refractivity contribution < 1.29 is 33.5 Å². The Morgan fingerprint density at radius 3 is 1.69 bits per heavy atom. The number of nitrogens with one attached hydrogen (secondary N) is 1. The Hall–Kier alpha value is -1.32. The first-order valence-electron chi connectivity index (χ1n) is 19.7.